The molecule has 0 spiro atoms. The molecule has 0 aliphatic rings. The van der Waals surface area contributed by atoms with Gasteiger partial charge in [-0.05, 0) is 30.7 Å². The molecule has 0 aromatic carbocycles. The van der Waals surface area contributed by atoms with E-state index >= 15 is 0 Å². The van der Waals surface area contributed by atoms with Crippen LogP contribution < -0.4 is 11.5 Å². The molecular weight excluding hydrogens is 252 g/mol. The molecule has 6 heteroatoms. The zero-order valence-electron chi connectivity index (χ0n) is 11.7. The van der Waals surface area contributed by atoms with E-state index in [-0.39, 0.29) is 5.95 Å². The van der Waals surface area contributed by atoms with E-state index in [9.17, 15) is 0 Å². The first-order valence-electron chi connectivity index (χ1n) is 6.67. The van der Waals surface area contributed by atoms with Gasteiger partial charge in [0.05, 0.1) is 0 Å². The van der Waals surface area contributed by atoms with Crippen molar-refractivity contribution >= 4 is 11.8 Å². The molecule has 2 aromatic rings. The van der Waals surface area contributed by atoms with Crippen LogP contribution >= 0.6 is 0 Å². The van der Waals surface area contributed by atoms with Crippen LogP contribution in [0, 0.1) is 0 Å². The molecule has 6 nitrogen and oxygen atoms in total. The summed E-state index contributed by atoms with van der Waals surface area (Å²) in [6.45, 7) is 4.74. The van der Waals surface area contributed by atoms with Gasteiger partial charge >= 0.3 is 0 Å². The molecule has 0 amide bonds. The number of pyridine rings is 1. The first-order chi connectivity index (χ1) is 9.69. The predicted molar refractivity (Wildman–Crippen MR) is 79.7 cm³/mol. The molecule has 0 aliphatic carbocycles. The molecule has 0 saturated heterocycles. The maximum atomic E-state index is 5.87. The third-order valence-corrected chi connectivity index (χ3v) is 3.22. The summed E-state index contributed by atoms with van der Waals surface area (Å²) in [5, 5.41) is 0. The molecule has 0 saturated carbocycles. The van der Waals surface area contributed by atoms with Gasteiger partial charge in [0.25, 0.3) is 0 Å². The van der Waals surface area contributed by atoms with Crippen molar-refractivity contribution in [3.05, 3.63) is 41.9 Å². The van der Waals surface area contributed by atoms with Crippen LogP contribution in [0.25, 0.3) is 0 Å². The molecular formula is C14H20N6. The number of hydrogen-bond acceptors (Lipinski definition) is 6. The van der Waals surface area contributed by atoms with Gasteiger partial charge in [-0.25, -0.2) is 4.98 Å². The van der Waals surface area contributed by atoms with E-state index in [1.54, 1.807) is 6.20 Å². The Morgan fingerprint density at radius 1 is 1.20 bits per heavy atom. The topological polar surface area (TPSA) is 94.0 Å². The Morgan fingerprint density at radius 2 is 1.95 bits per heavy atom. The minimum Gasteiger partial charge on any atom is -0.383 e. The smallest absolute Gasteiger partial charge is 0.221 e. The third-order valence-electron chi connectivity index (χ3n) is 3.22. The lowest BCUT2D eigenvalue weighted by molar-refractivity contribution is 0.283. The molecule has 0 bridgehead atoms. The Labute approximate surface area is 118 Å². The fourth-order valence-electron chi connectivity index (χ4n) is 1.98. The van der Waals surface area contributed by atoms with Crippen molar-refractivity contribution in [1.29, 1.82) is 0 Å². The van der Waals surface area contributed by atoms with Gasteiger partial charge in [0.2, 0.25) is 5.95 Å². The summed E-state index contributed by atoms with van der Waals surface area (Å²) >= 11 is 0. The number of nitrogen functional groups attached to an aromatic ring is 2. The zero-order valence-corrected chi connectivity index (χ0v) is 11.7. The van der Waals surface area contributed by atoms with Crippen molar-refractivity contribution in [2.75, 3.05) is 24.6 Å². The van der Waals surface area contributed by atoms with Crippen LogP contribution in [0.15, 0.2) is 30.7 Å². The molecule has 0 unspecified atom stereocenters. The van der Waals surface area contributed by atoms with Gasteiger partial charge in [0.1, 0.15) is 5.82 Å². The number of nitrogens with zero attached hydrogens (tertiary/aromatic N) is 4. The van der Waals surface area contributed by atoms with Crippen LogP contribution in [0.4, 0.5) is 11.8 Å². The number of aromatic nitrogens is 3. The monoisotopic (exact) mass is 272 g/mol. The maximum absolute atomic E-state index is 5.87. The summed E-state index contributed by atoms with van der Waals surface area (Å²) < 4.78 is 0. The van der Waals surface area contributed by atoms with E-state index in [1.165, 1.54) is 5.56 Å². The van der Waals surface area contributed by atoms with Crippen molar-refractivity contribution < 1.29 is 0 Å². The molecule has 2 heterocycles. The lowest BCUT2D eigenvalue weighted by Gasteiger charge is -2.20. The Hall–Kier alpha value is -2.21. The highest BCUT2D eigenvalue weighted by molar-refractivity contribution is 5.41. The van der Waals surface area contributed by atoms with Crippen molar-refractivity contribution in [3.63, 3.8) is 0 Å². The number of nitrogens with two attached hydrogens (primary N) is 2. The third kappa shape index (κ3) is 3.89. The second-order valence-electron chi connectivity index (χ2n) is 4.61. The van der Waals surface area contributed by atoms with Crippen LogP contribution in [0.5, 0.6) is 0 Å². The molecule has 0 fully saturated rings. The van der Waals surface area contributed by atoms with Crippen molar-refractivity contribution in [2.45, 2.75) is 19.9 Å². The molecule has 2 rings (SSSR count). The molecule has 20 heavy (non-hydrogen) atoms. The summed E-state index contributed by atoms with van der Waals surface area (Å²) in [6.07, 6.45) is 6.31. The summed E-state index contributed by atoms with van der Waals surface area (Å²) in [5.74, 6) is 0.672. The van der Waals surface area contributed by atoms with E-state index in [1.807, 2.05) is 24.5 Å². The van der Waals surface area contributed by atoms with E-state index in [0.29, 0.717) is 5.82 Å². The molecule has 0 radical (unpaired) electrons. The highest BCUT2D eigenvalue weighted by atomic mass is 15.1. The lowest BCUT2D eigenvalue weighted by Crippen LogP contribution is -2.26. The van der Waals surface area contributed by atoms with E-state index < -0.39 is 0 Å². The zero-order chi connectivity index (χ0) is 14.4. The first-order valence-corrected chi connectivity index (χ1v) is 6.67. The minimum absolute atomic E-state index is 0.214. The second kappa shape index (κ2) is 6.81. The minimum atomic E-state index is 0.214. The molecule has 4 N–H and O–H groups in total. The Kier molecular flexibility index (Phi) is 4.84. The van der Waals surface area contributed by atoms with Gasteiger partial charge in [0.15, 0.2) is 0 Å². The largest absolute Gasteiger partial charge is 0.383 e. The lowest BCUT2D eigenvalue weighted by atomic mass is 10.2. The highest BCUT2D eigenvalue weighted by Crippen LogP contribution is 2.12. The number of anilines is 2. The normalized spacial score (nSPS) is 10.9. The molecule has 0 aliphatic heterocycles. The van der Waals surface area contributed by atoms with Crippen molar-refractivity contribution in [1.82, 2.24) is 19.9 Å². The first kappa shape index (κ1) is 14.2. The average Bonchev–Trinajstić information content (AvgIpc) is 2.46. The molecule has 2 aromatic heterocycles. The van der Waals surface area contributed by atoms with Crippen molar-refractivity contribution in [3.8, 4) is 0 Å². The Balaban J connectivity index is 1.95. The Bertz CT molecular complexity index is 543. The average molecular weight is 272 g/mol. The second-order valence-corrected chi connectivity index (χ2v) is 4.61. The number of rotatable bonds is 6. The maximum Gasteiger partial charge on any atom is 0.221 e. The standard InChI is InChI=1S/C14H20N6/c1-2-20(8-5-11-3-6-17-7-4-11)10-12-9-18-14(16)19-13(12)15/h3-4,6-7,9H,2,5,8,10H2,1H3,(H4,15,16,18,19). The number of likely N-dealkylation sites (N-methyl/N-ethyl adjacent to an activating group) is 1. The van der Waals surface area contributed by atoms with E-state index in [0.717, 1.165) is 31.6 Å². The fourth-order valence-corrected chi connectivity index (χ4v) is 1.98. The quantitative estimate of drug-likeness (QED) is 0.818. The summed E-state index contributed by atoms with van der Waals surface area (Å²) in [4.78, 5) is 14.3. The van der Waals surface area contributed by atoms with Crippen LogP contribution in [-0.4, -0.2) is 32.9 Å². The molecule has 106 valence electrons. The van der Waals surface area contributed by atoms with Crippen LogP contribution in [0.1, 0.15) is 18.1 Å². The summed E-state index contributed by atoms with van der Waals surface area (Å²) in [6, 6.07) is 4.07. The highest BCUT2D eigenvalue weighted by Gasteiger charge is 2.08. The summed E-state index contributed by atoms with van der Waals surface area (Å²) in [7, 11) is 0. The number of hydrogen-bond donors (Lipinski definition) is 2. The van der Waals surface area contributed by atoms with Gasteiger partial charge < -0.3 is 11.5 Å². The van der Waals surface area contributed by atoms with Gasteiger partial charge in [-0.3, -0.25) is 9.88 Å². The van der Waals surface area contributed by atoms with E-state index in [2.05, 4.69) is 26.8 Å². The van der Waals surface area contributed by atoms with Gasteiger partial charge in [-0.1, -0.05) is 6.92 Å². The summed E-state index contributed by atoms with van der Waals surface area (Å²) in [5.41, 5.74) is 13.6. The van der Waals surface area contributed by atoms with E-state index in [4.69, 9.17) is 11.5 Å². The van der Waals surface area contributed by atoms with Gasteiger partial charge in [-0.2, -0.15) is 4.98 Å². The van der Waals surface area contributed by atoms with Crippen LogP contribution in [0.2, 0.25) is 0 Å². The van der Waals surface area contributed by atoms with Crippen molar-refractivity contribution in [2.24, 2.45) is 0 Å². The molecule has 0 atom stereocenters. The van der Waals surface area contributed by atoms with Gasteiger partial charge in [0, 0.05) is 37.2 Å². The van der Waals surface area contributed by atoms with Crippen LogP contribution in [-0.2, 0) is 13.0 Å². The van der Waals surface area contributed by atoms with Gasteiger partial charge in [-0.15, -0.1) is 0 Å². The fraction of sp³-hybridized carbons (Fsp3) is 0.357. The Morgan fingerprint density at radius 3 is 2.60 bits per heavy atom. The SMILES string of the molecule is CCN(CCc1ccncc1)Cc1cnc(N)nc1N. The van der Waals surface area contributed by atoms with Crippen LogP contribution in [0.3, 0.4) is 0 Å². The predicted octanol–water partition coefficient (Wildman–Crippen LogP) is 1.10.